The molecule has 0 unspecified atom stereocenters. The van der Waals surface area contributed by atoms with Crippen molar-refractivity contribution < 1.29 is 0 Å². The molecule has 0 aliphatic heterocycles. The number of para-hydroxylation sites is 6. The van der Waals surface area contributed by atoms with E-state index in [2.05, 4.69) is 252 Å². The Labute approximate surface area is 371 Å². The van der Waals surface area contributed by atoms with Gasteiger partial charge in [0.05, 0.1) is 22.1 Å². The summed E-state index contributed by atoms with van der Waals surface area (Å²) in [5.41, 5.74) is 17.4. The topological polar surface area (TPSA) is 35.6 Å². The van der Waals surface area contributed by atoms with Gasteiger partial charge in [0.2, 0.25) is 0 Å². The summed E-state index contributed by atoms with van der Waals surface area (Å²) in [4.78, 5) is 10.8. The average molecular weight is 817 g/mol. The molecule has 0 radical (unpaired) electrons. The first kappa shape index (κ1) is 37.2. The predicted octanol–water partition coefficient (Wildman–Crippen LogP) is 15.5. The molecule has 2 aromatic heterocycles. The Morgan fingerprint density at radius 2 is 0.562 bits per heavy atom. The van der Waals surface area contributed by atoms with Gasteiger partial charge in [-0.15, -0.1) is 0 Å². The van der Waals surface area contributed by atoms with Crippen LogP contribution in [-0.2, 0) is 0 Å². The average Bonchev–Trinajstić information content (AvgIpc) is 3.97. The first-order valence-electron chi connectivity index (χ1n) is 21.7. The van der Waals surface area contributed by atoms with E-state index in [1.807, 2.05) is 0 Å². The second kappa shape index (κ2) is 15.7. The third kappa shape index (κ3) is 6.57. The third-order valence-corrected chi connectivity index (χ3v) is 12.3. The van der Waals surface area contributed by atoms with Crippen LogP contribution >= 0.6 is 0 Å². The van der Waals surface area contributed by atoms with Crippen molar-refractivity contribution in [1.29, 1.82) is 0 Å². The summed E-state index contributed by atoms with van der Waals surface area (Å²) in [7, 11) is 0. The lowest BCUT2D eigenvalue weighted by molar-refractivity contribution is 1.10. The fourth-order valence-corrected chi connectivity index (χ4v) is 9.26. The van der Waals surface area contributed by atoms with Gasteiger partial charge in [-0.3, -0.25) is 9.13 Å². The number of nitrogens with zero attached hydrogens (tertiary/aromatic N) is 4. The molecule has 0 aliphatic carbocycles. The van der Waals surface area contributed by atoms with Gasteiger partial charge in [0.25, 0.3) is 0 Å². The van der Waals surface area contributed by atoms with E-state index < -0.39 is 0 Å². The van der Waals surface area contributed by atoms with Gasteiger partial charge >= 0.3 is 0 Å². The SMILES string of the molecule is c1ccc(-c2ccc(-c3cc(-c4nc5ccccc5n4-c4ccccc4)cc4c(-c5ccc(-c6ccccc6)cc5)cc(-c5nc6ccccc6n5-c5ccccc5)cc34)cc2)cc1. The minimum atomic E-state index is 0.886. The van der Waals surface area contributed by atoms with Crippen LogP contribution < -0.4 is 0 Å². The largest absolute Gasteiger partial charge is 0.292 e. The van der Waals surface area contributed by atoms with Gasteiger partial charge in [0.1, 0.15) is 11.6 Å². The number of benzene rings is 10. The molecule has 0 saturated carbocycles. The van der Waals surface area contributed by atoms with Crippen LogP contribution in [-0.4, -0.2) is 19.1 Å². The monoisotopic (exact) mass is 816 g/mol. The molecule has 0 aliphatic rings. The van der Waals surface area contributed by atoms with E-state index in [0.29, 0.717) is 0 Å². The fourth-order valence-electron chi connectivity index (χ4n) is 9.26. The van der Waals surface area contributed by atoms with Crippen LogP contribution in [0.5, 0.6) is 0 Å². The van der Waals surface area contributed by atoms with Crippen molar-refractivity contribution in [3.63, 3.8) is 0 Å². The molecular formula is C60H40N4. The molecule has 12 rings (SSSR count). The van der Waals surface area contributed by atoms with Gasteiger partial charge in [-0.2, -0.15) is 0 Å². The molecule has 64 heavy (non-hydrogen) atoms. The van der Waals surface area contributed by atoms with E-state index in [1.54, 1.807) is 0 Å². The van der Waals surface area contributed by atoms with E-state index >= 15 is 0 Å². The van der Waals surface area contributed by atoms with Crippen LogP contribution in [0.4, 0.5) is 0 Å². The number of fused-ring (bicyclic) bond motifs is 3. The van der Waals surface area contributed by atoms with Gasteiger partial charge in [-0.1, -0.05) is 170 Å². The molecule has 0 amide bonds. The molecule has 0 saturated heterocycles. The van der Waals surface area contributed by atoms with Crippen LogP contribution in [0.3, 0.4) is 0 Å². The zero-order chi connectivity index (χ0) is 42.4. The zero-order valence-corrected chi connectivity index (χ0v) is 34.9. The Hall–Kier alpha value is -8.60. The molecule has 0 spiro atoms. The van der Waals surface area contributed by atoms with Crippen molar-refractivity contribution >= 4 is 32.8 Å². The van der Waals surface area contributed by atoms with Crippen molar-refractivity contribution in [3.05, 3.63) is 243 Å². The van der Waals surface area contributed by atoms with Crippen molar-refractivity contribution in [2.24, 2.45) is 0 Å². The Morgan fingerprint density at radius 1 is 0.250 bits per heavy atom. The van der Waals surface area contributed by atoms with E-state index in [9.17, 15) is 0 Å². The zero-order valence-electron chi connectivity index (χ0n) is 34.9. The number of imidazole rings is 2. The summed E-state index contributed by atoms with van der Waals surface area (Å²) in [5.74, 6) is 1.77. The van der Waals surface area contributed by atoms with Crippen LogP contribution in [0, 0.1) is 0 Å². The number of rotatable bonds is 8. The Kier molecular flexibility index (Phi) is 9.12. The lowest BCUT2D eigenvalue weighted by atomic mass is 9.88. The van der Waals surface area contributed by atoms with Crippen LogP contribution in [0.1, 0.15) is 0 Å². The number of hydrogen-bond acceptors (Lipinski definition) is 2. The summed E-state index contributed by atoms with van der Waals surface area (Å²) in [6.45, 7) is 0. The van der Waals surface area contributed by atoms with Crippen molar-refractivity contribution in [2.45, 2.75) is 0 Å². The normalized spacial score (nSPS) is 11.4. The minimum Gasteiger partial charge on any atom is -0.292 e. The molecule has 4 nitrogen and oxygen atoms in total. The Morgan fingerprint density at radius 3 is 0.953 bits per heavy atom. The van der Waals surface area contributed by atoms with Gasteiger partial charge in [-0.25, -0.2) is 9.97 Å². The fraction of sp³-hybridized carbons (Fsp3) is 0. The second-order valence-electron chi connectivity index (χ2n) is 16.2. The molecule has 0 bridgehead atoms. The number of aromatic nitrogens is 4. The van der Waals surface area contributed by atoms with Crippen molar-refractivity contribution in [3.8, 4) is 78.7 Å². The highest BCUT2D eigenvalue weighted by Crippen LogP contribution is 2.44. The summed E-state index contributed by atoms with van der Waals surface area (Å²) in [6.07, 6.45) is 0. The van der Waals surface area contributed by atoms with Crippen molar-refractivity contribution in [1.82, 2.24) is 19.1 Å². The molecule has 0 fully saturated rings. The minimum absolute atomic E-state index is 0.886. The molecule has 2 heterocycles. The predicted molar refractivity (Wildman–Crippen MR) is 266 cm³/mol. The van der Waals surface area contributed by atoms with Crippen molar-refractivity contribution in [2.75, 3.05) is 0 Å². The highest BCUT2D eigenvalue weighted by Gasteiger charge is 2.22. The first-order valence-corrected chi connectivity index (χ1v) is 21.7. The maximum atomic E-state index is 5.39. The molecular weight excluding hydrogens is 777 g/mol. The summed E-state index contributed by atoms with van der Waals surface area (Å²) < 4.78 is 4.59. The lowest BCUT2D eigenvalue weighted by Crippen LogP contribution is -2.00. The lowest BCUT2D eigenvalue weighted by Gasteiger charge is -2.18. The molecule has 4 heteroatoms. The maximum Gasteiger partial charge on any atom is 0.145 e. The van der Waals surface area contributed by atoms with E-state index in [-0.39, 0.29) is 0 Å². The van der Waals surface area contributed by atoms with Gasteiger partial charge in [0.15, 0.2) is 0 Å². The van der Waals surface area contributed by atoms with E-state index in [1.165, 1.54) is 22.3 Å². The van der Waals surface area contributed by atoms with E-state index in [0.717, 1.165) is 89.2 Å². The highest BCUT2D eigenvalue weighted by molar-refractivity contribution is 6.09. The third-order valence-electron chi connectivity index (χ3n) is 12.3. The molecule has 0 N–H and O–H groups in total. The quantitative estimate of drug-likeness (QED) is 0.153. The maximum absolute atomic E-state index is 5.39. The van der Waals surface area contributed by atoms with Gasteiger partial charge in [-0.05, 0) is 128 Å². The molecule has 300 valence electrons. The van der Waals surface area contributed by atoms with Crippen LogP contribution in [0.15, 0.2) is 243 Å². The first-order chi connectivity index (χ1) is 31.7. The Balaban J connectivity index is 1.17. The second-order valence-corrected chi connectivity index (χ2v) is 16.2. The van der Waals surface area contributed by atoms with Crippen LogP contribution in [0.25, 0.3) is 111 Å². The van der Waals surface area contributed by atoms with E-state index in [4.69, 9.17) is 9.97 Å². The van der Waals surface area contributed by atoms with Crippen LogP contribution in [0.2, 0.25) is 0 Å². The van der Waals surface area contributed by atoms with Gasteiger partial charge in [0, 0.05) is 22.5 Å². The Bertz CT molecular complexity index is 3370. The smallest absolute Gasteiger partial charge is 0.145 e. The molecule has 12 aromatic rings. The summed E-state index contributed by atoms with van der Waals surface area (Å²) in [5, 5.41) is 2.26. The summed E-state index contributed by atoms with van der Waals surface area (Å²) >= 11 is 0. The molecule has 10 aromatic carbocycles. The number of hydrogen-bond donors (Lipinski definition) is 0. The molecule has 0 atom stereocenters. The highest BCUT2D eigenvalue weighted by atomic mass is 15.1. The summed E-state index contributed by atoms with van der Waals surface area (Å²) in [6, 6.07) is 86.6. The standard InChI is InChI=1S/C60H40N4/c1-5-17-41(18-6-1)43-29-33-45(34-30-43)51-37-47(59-61-55-25-13-15-27-57(55)63(59)49-21-9-3-10-22-49)40-54-52(46-35-31-44(32-36-46)42-19-7-2-8-20-42)38-48(39-53(51)54)60-62-56-26-14-16-28-58(56)64(60)50-23-11-4-12-24-50/h1-40H. The van der Waals surface area contributed by atoms with Gasteiger partial charge < -0.3 is 0 Å².